The summed E-state index contributed by atoms with van der Waals surface area (Å²) < 4.78 is 27.1. The number of pyridine rings is 1. The van der Waals surface area contributed by atoms with Crippen LogP contribution in [0.4, 0.5) is 11.5 Å². The fraction of sp³-hybridized carbons (Fsp3) is 0.0556. The Labute approximate surface area is 151 Å². The van der Waals surface area contributed by atoms with Crippen LogP contribution in [0.25, 0.3) is 0 Å². The fourth-order valence-corrected chi connectivity index (χ4v) is 3.50. The normalized spacial score (nSPS) is 11.1. The zero-order valence-electron chi connectivity index (χ0n) is 13.2. The van der Waals surface area contributed by atoms with Crippen LogP contribution in [0.15, 0.2) is 77.8 Å². The summed E-state index contributed by atoms with van der Waals surface area (Å²) in [7, 11) is -3.72. The predicted octanol–water partition coefficient (Wildman–Crippen LogP) is 4.15. The molecule has 0 radical (unpaired) electrons. The molecule has 128 valence electrons. The Hall–Kier alpha value is -2.57. The van der Waals surface area contributed by atoms with E-state index in [2.05, 4.69) is 15.0 Å². The first-order valence-electron chi connectivity index (χ1n) is 7.55. The Balaban J connectivity index is 1.66. The van der Waals surface area contributed by atoms with Crippen molar-refractivity contribution in [1.82, 2.24) is 4.98 Å². The van der Waals surface area contributed by atoms with Gasteiger partial charge in [0.15, 0.2) is 0 Å². The fourth-order valence-electron chi connectivity index (χ4n) is 2.19. The molecule has 0 atom stereocenters. The van der Waals surface area contributed by atoms with E-state index in [0.29, 0.717) is 11.6 Å². The van der Waals surface area contributed by atoms with Crippen molar-refractivity contribution in [2.45, 2.75) is 11.4 Å². The van der Waals surface area contributed by atoms with Crippen molar-refractivity contribution in [3.63, 3.8) is 0 Å². The number of rotatable bonds is 6. The van der Waals surface area contributed by atoms with E-state index in [1.807, 2.05) is 30.3 Å². The van der Waals surface area contributed by atoms with Crippen LogP contribution in [0.2, 0.25) is 5.02 Å². The SMILES string of the molecule is O=S(=O)(Nc1ccc(NCc2ccccc2)cn1)c1cccc(Cl)c1. The number of hydrogen-bond acceptors (Lipinski definition) is 4. The standard InChI is InChI=1S/C18H16ClN3O2S/c19-15-7-4-8-17(11-15)25(23,24)22-18-10-9-16(13-21-18)20-12-14-5-2-1-3-6-14/h1-11,13,20H,12H2,(H,21,22). The topological polar surface area (TPSA) is 71.1 Å². The maximum absolute atomic E-state index is 12.3. The molecule has 0 unspecified atom stereocenters. The molecule has 5 nitrogen and oxygen atoms in total. The molecule has 1 heterocycles. The summed E-state index contributed by atoms with van der Waals surface area (Å²) >= 11 is 5.84. The maximum atomic E-state index is 12.3. The second-order valence-corrected chi connectivity index (χ2v) is 7.45. The third kappa shape index (κ3) is 4.71. The van der Waals surface area contributed by atoms with Gasteiger partial charge in [-0.25, -0.2) is 13.4 Å². The van der Waals surface area contributed by atoms with Gasteiger partial charge in [-0.05, 0) is 35.9 Å². The molecule has 0 spiro atoms. The van der Waals surface area contributed by atoms with Gasteiger partial charge in [-0.1, -0.05) is 48.0 Å². The zero-order chi connectivity index (χ0) is 17.7. The quantitative estimate of drug-likeness (QED) is 0.681. The molecule has 3 aromatic rings. The first kappa shape index (κ1) is 17.3. The lowest BCUT2D eigenvalue weighted by molar-refractivity contribution is 0.601. The van der Waals surface area contributed by atoms with Gasteiger partial charge in [0.25, 0.3) is 10.0 Å². The highest BCUT2D eigenvalue weighted by molar-refractivity contribution is 7.92. The van der Waals surface area contributed by atoms with E-state index in [9.17, 15) is 8.42 Å². The van der Waals surface area contributed by atoms with E-state index in [1.54, 1.807) is 30.5 Å². The monoisotopic (exact) mass is 373 g/mol. The third-order valence-corrected chi connectivity index (χ3v) is 5.04. The second-order valence-electron chi connectivity index (χ2n) is 5.33. The number of anilines is 2. The number of sulfonamides is 1. The van der Waals surface area contributed by atoms with Gasteiger partial charge in [-0.3, -0.25) is 4.72 Å². The van der Waals surface area contributed by atoms with Crippen LogP contribution in [0.3, 0.4) is 0 Å². The van der Waals surface area contributed by atoms with Gasteiger partial charge in [-0.2, -0.15) is 0 Å². The van der Waals surface area contributed by atoms with Crippen molar-refractivity contribution in [2.24, 2.45) is 0 Å². The Morgan fingerprint density at radius 2 is 1.76 bits per heavy atom. The molecule has 25 heavy (non-hydrogen) atoms. The minimum absolute atomic E-state index is 0.0908. The van der Waals surface area contributed by atoms with E-state index in [1.165, 1.54) is 12.1 Å². The summed E-state index contributed by atoms with van der Waals surface area (Å²) in [5.41, 5.74) is 1.95. The summed E-state index contributed by atoms with van der Waals surface area (Å²) in [4.78, 5) is 4.23. The molecule has 0 bridgehead atoms. The lowest BCUT2D eigenvalue weighted by atomic mass is 10.2. The van der Waals surface area contributed by atoms with Crippen LogP contribution >= 0.6 is 11.6 Å². The van der Waals surface area contributed by atoms with Crippen LogP contribution in [0.5, 0.6) is 0 Å². The number of nitrogens with one attached hydrogen (secondary N) is 2. The molecule has 0 saturated carbocycles. The average Bonchev–Trinajstić information content (AvgIpc) is 2.62. The first-order chi connectivity index (χ1) is 12.0. The molecule has 3 rings (SSSR count). The summed E-state index contributed by atoms with van der Waals surface area (Å²) in [6, 6.07) is 19.4. The van der Waals surface area contributed by atoms with Crippen LogP contribution in [-0.4, -0.2) is 13.4 Å². The Bertz CT molecular complexity index is 946. The lowest BCUT2D eigenvalue weighted by Crippen LogP contribution is -2.14. The van der Waals surface area contributed by atoms with Crippen LogP contribution in [-0.2, 0) is 16.6 Å². The maximum Gasteiger partial charge on any atom is 0.263 e. The highest BCUT2D eigenvalue weighted by Crippen LogP contribution is 2.19. The molecule has 0 fully saturated rings. The van der Waals surface area contributed by atoms with Crippen LogP contribution in [0.1, 0.15) is 5.56 Å². The van der Waals surface area contributed by atoms with Gasteiger partial charge < -0.3 is 5.32 Å². The van der Waals surface area contributed by atoms with Gasteiger partial charge in [0.1, 0.15) is 5.82 Å². The largest absolute Gasteiger partial charge is 0.380 e. The van der Waals surface area contributed by atoms with Gasteiger partial charge in [0, 0.05) is 11.6 Å². The average molecular weight is 374 g/mol. The molecule has 0 saturated heterocycles. The van der Waals surface area contributed by atoms with Crippen molar-refractivity contribution in [3.05, 3.63) is 83.5 Å². The van der Waals surface area contributed by atoms with Gasteiger partial charge in [0.2, 0.25) is 0 Å². The van der Waals surface area contributed by atoms with E-state index in [0.717, 1.165) is 11.3 Å². The highest BCUT2D eigenvalue weighted by Gasteiger charge is 2.15. The number of aromatic nitrogens is 1. The molecule has 0 aliphatic rings. The van der Waals surface area contributed by atoms with Crippen LogP contribution < -0.4 is 10.0 Å². The van der Waals surface area contributed by atoms with Crippen LogP contribution in [0, 0.1) is 0 Å². The number of benzene rings is 2. The van der Waals surface area contributed by atoms with Gasteiger partial charge >= 0.3 is 0 Å². The molecule has 1 aromatic heterocycles. The molecule has 0 aliphatic heterocycles. The molecule has 2 N–H and O–H groups in total. The van der Waals surface area contributed by atoms with Crippen molar-refractivity contribution in [2.75, 3.05) is 10.0 Å². The Morgan fingerprint density at radius 1 is 0.960 bits per heavy atom. The first-order valence-corrected chi connectivity index (χ1v) is 9.41. The van der Waals surface area contributed by atoms with E-state index in [4.69, 9.17) is 11.6 Å². The van der Waals surface area contributed by atoms with E-state index < -0.39 is 10.0 Å². The predicted molar refractivity (Wildman–Crippen MR) is 100 cm³/mol. The number of hydrogen-bond donors (Lipinski definition) is 2. The summed E-state index contributed by atoms with van der Waals surface area (Å²) in [6.45, 7) is 0.663. The lowest BCUT2D eigenvalue weighted by Gasteiger charge is -2.09. The summed E-state index contributed by atoms with van der Waals surface area (Å²) in [6.07, 6.45) is 1.58. The van der Waals surface area contributed by atoms with E-state index >= 15 is 0 Å². The highest BCUT2D eigenvalue weighted by atomic mass is 35.5. The smallest absolute Gasteiger partial charge is 0.263 e. The Morgan fingerprint density at radius 3 is 2.44 bits per heavy atom. The minimum Gasteiger partial charge on any atom is -0.380 e. The third-order valence-electron chi connectivity index (χ3n) is 3.45. The zero-order valence-corrected chi connectivity index (χ0v) is 14.8. The number of nitrogens with zero attached hydrogens (tertiary/aromatic N) is 1. The summed E-state index contributed by atoms with van der Waals surface area (Å²) in [5, 5.41) is 3.59. The van der Waals surface area contributed by atoms with Crippen molar-refractivity contribution < 1.29 is 8.42 Å². The van der Waals surface area contributed by atoms with Crippen molar-refractivity contribution in [3.8, 4) is 0 Å². The molecular weight excluding hydrogens is 358 g/mol. The van der Waals surface area contributed by atoms with Gasteiger partial charge in [0.05, 0.1) is 16.8 Å². The van der Waals surface area contributed by atoms with Crippen molar-refractivity contribution >= 4 is 33.1 Å². The molecule has 7 heteroatoms. The summed E-state index contributed by atoms with van der Waals surface area (Å²) in [5.74, 6) is 0.241. The molecular formula is C18H16ClN3O2S. The van der Waals surface area contributed by atoms with E-state index in [-0.39, 0.29) is 10.7 Å². The second kappa shape index (κ2) is 7.55. The van der Waals surface area contributed by atoms with Gasteiger partial charge in [-0.15, -0.1) is 0 Å². The molecule has 2 aromatic carbocycles. The van der Waals surface area contributed by atoms with Crippen molar-refractivity contribution in [1.29, 1.82) is 0 Å². The Kier molecular flexibility index (Phi) is 5.21. The molecule has 0 amide bonds. The minimum atomic E-state index is -3.72. The molecule has 0 aliphatic carbocycles. The number of halogens is 1.